The highest BCUT2D eigenvalue weighted by molar-refractivity contribution is 5.59. The molecular weight excluding hydrogens is 372 g/mol. The van der Waals surface area contributed by atoms with Gasteiger partial charge >= 0.3 is 0 Å². The number of methoxy groups -OCH3 is 1. The summed E-state index contributed by atoms with van der Waals surface area (Å²) in [6.45, 7) is 2.02. The van der Waals surface area contributed by atoms with Crippen LogP contribution in [0.1, 0.15) is 24.0 Å². The molecule has 0 saturated carbocycles. The van der Waals surface area contributed by atoms with Crippen LogP contribution < -0.4 is 20.1 Å². The van der Waals surface area contributed by atoms with Gasteiger partial charge in [0.05, 0.1) is 12.8 Å². The first-order chi connectivity index (χ1) is 14.8. The van der Waals surface area contributed by atoms with Crippen LogP contribution in [0, 0.1) is 0 Å². The molecule has 0 bridgehead atoms. The van der Waals surface area contributed by atoms with Gasteiger partial charge in [0, 0.05) is 12.6 Å². The molecule has 30 heavy (non-hydrogen) atoms. The molecule has 1 aliphatic rings. The summed E-state index contributed by atoms with van der Waals surface area (Å²) in [4.78, 5) is 0. The second-order valence-electron chi connectivity index (χ2n) is 7.77. The molecule has 1 aliphatic heterocycles. The largest absolute Gasteiger partial charge is 0.497 e. The zero-order valence-electron chi connectivity index (χ0n) is 17.6. The van der Waals surface area contributed by atoms with E-state index in [1.807, 2.05) is 24.3 Å². The van der Waals surface area contributed by atoms with Crippen LogP contribution in [0.25, 0.3) is 0 Å². The first-order valence-electron chi connectivity index (χ1n) is 10.8. The lowest BCUT2D eigenvalue weighted by Crippen LogP contribution is -2.29. The summed E-state index contributed by atoms with van der Waals surface area (Å²) in [5.41, 5.74) is 3.65. The van der Waals surface area contributed by atoms with Gasteiger partial charge in [-0.1, -0.05) is 36.4 Å². The van der Waals surface area contributed by atoms with Gasteiger partial charge in [0.2, 0.25) is 0 Å². The van der Waals surface area contributed by atoms with E-state index in [1.54, 1.807) is 7.11 Å². The third-order valence-corrected chi connectivity index (χ3v) is 5.58. The van der Waals surface area contributed by atoms with E-state index in [2.05, 4.69) is 59.2 Å². The summed E-state index contributed by atoms with van der Waals surface area (Å²) in [5, 5.41) is 7.13. The Morgan fingerprint density at radius 3 is 2.40 bits per heavy atom. The van der Waals surface area contributed by atoms with Gasteiger partial charge in [0.25, 0.3) is 0 Å². The minimum absolute atomic E-state index is 0.525. The Labute approximate surface area is 179 Å². The van der Waals surface area contributed by atoms with Crippen molar-refractivity contribution in [2.24, 2.45) is 0 Å². The molecule has 0 unspecified atom stereocenters. The molecule has 156 valence electrons. The standard InChI is InChI=1S/C26H30N2O2/c1-29-23-12-14-24(15-13-23)30-26-18-21(10-9-20-6-3-2-4-7-20)11-16-25(26)28-19-22-8-5-17-27-22/h2-4,6-7,11-16,18,22,27-28H,5,8-10,17,19H2,1H3/t22-/m0/s1. The summed E-state index contributed by atoms with van der Waals surface area (Å²) < 4.78 is 11.5. The highest BCUT2D eigenvalue weighted by Crippen LogP contribution is 2.32. The molecule has 2 N–H and O–H groups in total. The maximum atomic E-state index is 6.28. The van der Waals surface area contributed by atoms with Crippen LogP contribution in [0.2, 0.25) is 0 Å². The molecule has 0 radical (unpaired) electrons. The number of benzene rings is 3. The van der Waals surface area contributed by atoms with Crippen molar-refractivity contribution in [3.63, 3.8) is 0 Å². The molecule has 4 nitrogen and oxygen atoms in total. The van der Waals surface area contributed by atoms with Gasteiger partial charge in [-0.15, -0.1) is 0 Å². The summed E-state index contributed by atoms with van der Waals surface area (Å²) >= 11 is 0. The maximum Gasteiger partial charge on any atom is 0.150 e. The van der Waals surface area contributed by atoms with Crippen molar-refractivity contribution in [3.05, 3.63) is 83.9 Å². The Morgan fingerprint density at radius 1 is 0.900 bits per heavy atom. The van der Waals surface area contributed by atoms with Gasteiger partial charge in [-0.3, -0.25) is 0 Å². The normalized spacial score (nSPS) is 15.7. The molecule has 0 amide bonds. The van der Waals surface area contributed by atoms with Crippen molar-refractivity contribution < 1.29 is 9.47 Å². The van der Waals surface area contributed by atoms with E-state index in [0.29, 0.717) is 6.04 Å². The molecule has 1 saturated heterocycles. The number of nitrogens with one attached hydrogen (secondary N) is 2. The molecule has 4 rings (SSSR count). The minimum atomic E-state index is 0.525. The first kappa shape index (κ1) is 20.3. The zero-order valence-corrected chi connectivity index (χ0v) is 17.6. The second kappa shape index (κ2) is 10.2. The average molecular weight is 403 g/mol. The Hall–Kier alpha value is -2.98. The molecule has 1 heterocycles. The lowest BCUT2D eigenvalue weighted by Gasteiger charge is -2.17. The predicted octanol–water partition coefficient (Wildman–Crippen LogP) is 5.44. The molecule has 1 atom stereocenters. The number of ether oxygens (including phenoxy) is 2. The fourth-order valence-corrected chi connectivity index (χ4v) is 3.82. The SMILES string of the molecule is COc1ccc(Oc2cc(CCc3ccccc3)ccc2NC[C@@H]2CCCN2)cc1. The Balaban J connectivity index is 1.49. The molecular formula is C26H30N2O2. The lowest BCUT2D eigenvalue weighted by molar-refractivity contribution is 0.413. The molecule has 1 fully saturated rings. The van der Waals surface area contributed by atoms with E-state index in [1.165, 1.54) is 24.0 Å². The summed E-state index contributed by atoms with van der Waals surface area (Å²) in [6, 6.07) is 25.4. The number of anilines is 1. The lowest BCUT2D eigenvalue weighted by atomic mass is 10.0. The van der Waals surface area contributed by atoms with Crippen LogP contribution in [-0.2, 0) is 12.8 Å². The number of hydrogen-bond acceptors (Lipinski definition) is 4. The van der Waals surface area contributed by atoms with E-state index in [-0.39, 0.29) is 0 Å². The molecule has 0 spiro atoms. The quantitative estimate of drug-likeness (QED) is 0.500. The first-order valence-corrected chi connectivity index (χ1v) is 10.8. The van der Waals surface area contributed by atoms with Crippen molar-refractivity contribution in [1.82, 2.24) is 5.32 Å². The van der Waals surface area contributed by atoms with Crippen molar-refractivity contribution in [2.45, 2.75) is 31.7 Å². The van der Waals surface area contributed by atoms with Gasteiger partial charge in [-0.2, -0.15) is 0 Å². The van der Waals surface area contributed by atoms with Crippen molar-refractivity contribution in [1.29, 1.82) is 0 Å². The van der Waals surface area contributed by atoms with Crippen LogP contribution in [0.5, 0.6) is 17.2 Å². The van der Waals surface area contributed by atoms with E-state index < -0.39 is 0 Å². The Bertz CT molecular complexity index is 920. The van der Waals surface area contributed by atoms with Gasteiger partial charge in [0.1, 0.15) is 11.5 Å². The van der Waals surface area contributed by atoms with Crippen LogP contribution in [0.15, 0.2) is 72.8 Å². The van der Waals surface area contributed by atoms with Crippen LogP contribution in [0.3, 0.4) is 0 Å². The number of aryl methyl sites for hydroxylation is 2. The highest BCUT2D eigenvalue weighted by atomic mass is 16.5. The highest BCUT2D eigenvalue weighted by Gasteiger charge is 2.15. The number of rotatable bonds is 9. The molecule has 0 aliphatic carbocycles. The molecule has 0 aromatic heterocycles. The molecule has 4 heteroatoms. The second-order valence-corrected chi connectivity index (χ2v) is 7.77. The van der Waals surface area contributed by atoms with Gasteiger partial charge < -0.3 is 20.1 Å². The van der Waals surface area contributed by atoms with Gasteiger partial charge in [-0.05, 0) is 79.8 Å². The fraction of sp³-hybridized carbons (Fsp3) is 0.308. The van der Waals surface area contributed by atoms with Crippen molar-refractivity contribution >= 4 is 5.69 Å². The van der Waals surface area contributed by atoms with E-state index in [9.17, 15) is 0 Å². The van der Waals surface area contributed by atoms with Crippen molar-refractivity contribution in [3.8, 4) is 17.2 Å². The average Bonchev–Trinajstić information content (AvgIpc) is 3.32. The summed E-state index contributed by atoms with van der Waals surface area (Å²) in [7, 11) is 1.67. The van der Waals surface area contributed by atoms with E-state index >= 15 is 0 Å². The van der Waals surface area contributed by atoms with Crippen LogP contribution in [-0.4, -0.2) is 26.2 Å². The van der Waals surface area contributed by atoms with Gasteiger partial charge in [-0.25, -0.2) is 0 Å². The minimum Gasteiger partial charge on any atom is -0.497 e. The molecule has 3 aromatic rings. The van der Waals surface area contributed by atoms with Crippen LogP contribution >= 0.6 is 0 Å². The van der Waals surface area contributed by atoms with Crippen LogP contribution in [0.4, 0.5) is 5.69 Å². The predicted molar refractivity (Wildman–Crippen MR) is 123 cm³/mol. The maximum absolute atomic E-state index is 6.28. The molecule has 3 aromatic carbocycles. The Morgan fingerprint density at radius 2 is 1.67 bits per heavy atom. The fourth-order valence-electron chi connectivity index (χ4n) is 3.82. The summed E-state index contributed by atoms with van der Waals surface area (Å²) in [6.07, 6.45) is 4.46. The topological polar surface area (TPSA) is 42.5 Å². The number of hydrogen-bond donors (Lipinski definition) is 2. The third-order valence-electron chi connectivity index (χ3n) is 5.58. The van der Waals surface area contributed by atoms with E-state index in [4.69, 9.17) is 9.47 Å². The Kier molecular flexibility index (Phi) is 6.88. The third kappa shape index (κ3) is 5.55. The van der Waals surface area contributed by atoms with E-state index in [0.717, 1.165) is 48.9 Å². The smallest absolute Gasteiger partial charge is 0.150 e. The zero-order chi connectivity index (χ0) is 20.6. The van der Waals surface area contributed by atoms with Gasteiger partial charge in [0.15, 0.2) is 5.75 Å². The van der Waals surface area contributed by atoms with Crippen molar-refractivity contribution in [2.75, 3.05) is 25.5 Å². The summed E-state index contributed by atoms with van der Waals surface area (Å²) in [5.74, 6) is 2.49. The monoisotopic (exact) mass is 402 g/mol.